The van der Waals surface area contributed by atoms with Gasteiger partial charge in [-0.1, -0.05) is 157 Å². The Labute approximate surface area is 519 Å². The number of aliphatic imine (C=N–C) groups is 1. The van der Waals surface area contributed by atoms with Gasteiger partial charge in [0.25, 0.3) is 11.8 Å². The van der Waals surface area contributed by atoms with Gasteiger partial charge in [0, 0.05) is 85.8 Å². The van der Waals surface area contributed by atoms with Crippen LogP contribution in [0.2, 0.25) is 10.0 Å². The maximum absolute atomic E-state index is 16.0. The average Bonchev–Trinajstić information content (AvgIpc) is 1.30. The minimum absolute atomic E-state index is 0.0490. The molecule has 1 atom stereocenters. The van der Waals surface area contributed by atoms with Gasteiger partial charge in [0.2, 0.25) is 0 Å². The highest BCUT2D eigenvalue weighted by Crippen LogP contribution is 2.47. The normalized spacial score (nSPS) is 15.6. The Morgan fingerprint density at radius 3 is 1.89 bits per heavy atom. The number of imide groups is 1. The van der Waals surface area contributed by atoms with Gasteiger partial charge in [0.1, 0.15) is 5.75 Å². The number of carbonyl (C=O) groups excluding carboxylic acids is 3. The Bertz CT molecular complexity index is 4460. The molecule has 3 heterocycles. The summed E-state index contributed by atoms with van der Waals surface area (Å²) in [5, 5.41) is 1.70. The largest absolute Gasteiger partial charge is 0.678 e. The summed E-state index contributed by atoms with van der Waals surface area (Å²) >= 11 is 14.6. The molecule has 0 fully saturated rings. The van der Waals surface area contributed by atoms with E-state index < -0.39 is 31.2 Å². The number of benzene rings is 9. The van der Waals surface area contributed by atoms with Crippen LogP contribution < -0.4 is 14.5 Å². The highest BCUT2D eigenvalue weighted by atomic mass is 35.5. The third-order valence-corrected chi connectivity index (χ3v) is 18.1. The third kappa shape index (κ3) is 10.4. The number of hydrogen-bond acceptors (Lipinski definition) is 6. The summed E-state index contributed by atoms with van der Waals surface area (Å²) in [4.78, 5) is 51.1. The Balaban J connectivity index is 0.687. The van der Waals surface area contributed by atoms with Crippen molar-refractivity contribution < 1.29 is 27.8 Å². The number of dihydropyridines is 1. The first-order valence-electron chi connectivity index (χ1n) is 29.9. The molecule has 8 nitrogen and oxygen atoms in total. The van der Waals surface area contributed by atoms with E-state index in [-0.39, 0.29) is 27.9 Å². The summed E-state index contributed by atoms with van der Waals surface area (Å²) in [5.41, 5.74) is 16.2. The molecule has 0 saturated carbocycles. The molecule has 0 saturated heterocycles. The van der Waals surface area contributed by atoms with Crippen LogP contribution in [0.4, 0.5) is 31.4 Å². The van der Waals surface area contributed by atoms with Gasteiger partial charge in [-0.15, -0.1) is 0 Å². The summed E-state index contributed by atoms with van der Waals surface area (Å²) in [7, 11) is -2.91. The lowest BCUT2D eigenvalue weighted by atomic mass is 9.86. The quantitative estimate of drug-likeness (QED) is 0.0497. The first-order valence-corrected chi connectivity index (χ1v) is 30.7. The van der Waals surface area contributed by atoms with Gasteiger partial charge in [0.15, 0.2) is 0 Å². The van der Waals surface area contributed by atoms with Crippen LogP contribution in [0.3, 0.4) is 0 Å². The molecule has 432 valence electrons. The van der Waals surface area contributed by atoms with Crippen LogP contribution in [0.5, 0.6) is 5.75 Å². The molecule has 0 spiro atoms. The summed E-state index contributed by atoms with van der Waals surface area (Å²) in [5.74, 6) is -1.21. The monoisotopic (exact) mass is 1200 g/mol. The predicted octanol–water partition coefficient (Wildman–Crippen LogP) is 18.7. The number of nitrogens with zero attached hydrogens (tertiary/aromatic N) is 4. The number of fused-ring (bicyclic) bond motifs is 6. The van der Waals surface area contributed by atoms with E-state index in [9.17, 15) is 14.4 Å². The van der Waals surface area contributed by atoms with Gasteiger partial charge in [-0.05, 0) is 175 Å². The van der Waals surface area contributed by atoms with Crippen molar-refractivity contribution in [2.75, 3.05) is 9.80 Å². The lowest BCUT2D eigenvalue weighted by molar-refractivity contribution is -0.134. The van der Waals surface area contributed by atoms with Crippen molar-refractivity contribution in [2.45, 2.75) is 70.8 Å². The average molecular weight is 1200 g/mol. The number of amides is 2. The number of allylic oxidation sites excluding steroid dienone is 1. The van der Waals surface area contributed by atoms with Crippen LogP contribution >= 0.6 is 23.2 Å². The van der Waals surface area contributed by atoms with Crippen LogP contribution in [0.1, 0.15) is 98.8 Å². The third-order valence-electron chi connectivity index (χ3n) is 17.5. The fraction of sp³-hybridized carbons (Fsp3) is 0.147. The molecule has 9 aromatic carbocycles. The van der Waals surface area contributed by atoms with E-state index in [2.05, 4.69) is 71.6 Å². The number of rotatable bonds is 13. The lowest BCUT2D eigenvalue weighted by Crippen LogP contribution is -2.40. The van der Waals surface area contributed by atoms with Crippen LogP contribution in [0.15, 0.2) is 228 Å². The topological polar surface area (TPSA) is 84.2 Å². The zero-order valence-corrected chi connectivity index (χ0v) is 49.7. The molecule has 4 aliphatic rings. The molecule has 0 bridgehead atoms. The van der Waals surface area contributed by atoms with E-state index in [1.54, 1.807) is 18.2 Å². The number of carbonyl (C=O) groups is 3. The molecule has 14 rings (SSSR count). The second-order valence-corrected chi connectivity index (χ2v) is 23.7. The summed E-state index contributed by atoms with van der Waals surface area (Å²) < 4.78 is 39.1. The molecule has 2 aliphatic heterocycles. The Kier molecular flexibility index (Phi) is 15.2. The van der Waals surface area contributed by atoms with E-state index in [1.807, 2.05) is 122 Å². The maximum atomic E-state index is 16.0. The van der Waals surface area contributed by atoms with Crippen molar-refractivity contribution in [2.24, 2.45) is 4.99 Å². The second kappa shape index (κ2) is 23.7. The van der Waals surface area contributed by atoms with Crippen molar-refractivity contribution in [3.63, 3.8) is 0 Å². The van der Waals surface area contributed by atoms with E-state index in [0.29, 0.717) is 63.9 Å². The number of aryl methyl sites for hydroxylation is 4. The molecule has 10 aromatic rings. The molecule has 13 heteroatoms. The Hall–Kier alpha value is -9.42. The minimum atomic E-state index is -2.91. The summed E-state index contributed by atoms with van der Waals surface area (Å²) in [6, 6.07) is 65.9. The minimum Gasteiger partial charge on any atom is -0.426 e. The first kappa shape index (κ1) is 56.4. The molecule has 1 aromatic heterocycles. The number of halogens is 4. The van der Waals surface area contributed by atoms with Gasteiger partial charge in [-0.25, -0.2) is 4.90 Å². The molecule has 0 N–H and O–H groups in total. The van der Waals surface area contributed by atoms with Gasteiger partial charge in [-0.3, -0.25) is 28.0 Å². The number of aromatic nitrogens is 1. The Morgan fingerprint density at radius 1 is 0.625 bits per heavy atom. The summed E-state index contributed by atoms with van der Waals surface area (Å²) in [6.45, 7) is 1.98. The SMILES string of the molecule is C[C@@H]1N=C2C(=C/C1=C(\c1c(Cl)cc(OC(=O)CCCc3ccc(N4C(=O)c5cccc6c(-c7ccc(N(c8ccccc8)c8ccccc8)cc7)ccc(c56)C4=O)cc3)cc1Cl)c1cc3c(n1B(F)F)-c1ccccc1CCC3)CCCc1ccccc12. The number of para-hydroxylation sites is 2. The van der Waals surface area contributed by atoms with Crippen molar-refractivity contribution in [1.29, 1.82) is 0 Å². The summed E-state index contributed by atoms with van der Waals surface area (Å²) in [6.07, 6.45) is 7.79. The van der Waals surface area contributed by atoms with Crippen molar-refractivity contribution in [3.05, 3.63) is 284 Å². The zero-order chi connectivity index (χ0) is 60.2. The number of ether oxygens (including phenoxy) is 1. The Morgan fingerprint density at radius 2 is 1.20 bits per heavy atom. The second-order valence-electron chi connectivity index (χ2n) is 22.9. The standard InChI is InChI=1S/C75H57BCl2F2N4O4/c1-46-64(42-51-21-13-19-48-17-8-10-27-59(48)72(51)81-46)70(67-43-52-22-14-20-49-18-9-11-28-60(49)73(52)84(67)76(79)80)71-65(77)44-57(45-66(71)78)88-68(85)31-12-16-47-32-36-56(37-33-47)83-74(86)62-30-15-29-61-58(40-41-63(69(61)62)75(83)87)50-34-38-55(39-35-50)82(53-23-4-2-5-24-53)54-25-6-3-7-26-54/h2-11,15,17-18,23-30,32-46H,12-14,16,19-22,31H2,1H3/b70-64+/t46-/m0/s1. The first-order chi connectivity index (χ1) is 43.0. The predicted molar refractivity (Wildman–Crippen MR) is 351 cm³/mol. The van der Waals surface area contributed by atoms with Crippen LogP contribution in [0.25, 0.3) is 38.7 Å². The molecular weight excluding hydrogens is 1140 g/mol. The number of hydrogen-bond donors (Lipinski definition) is 0. The fourth-order valence-corrected chi connectivity index (χ4v) is 14.1. The molecular formula is C75H57BCl2F2N4O4. The zero-order valence-electron chi connectivity index (χ0n) is 48.2. The molecule has 0 radical (unpaired) electrons. The smallest absolute Gasteiger partial charge is 0.426 e. The highest BCUT2D eigenvalue weighted by Gasteiger charge is 2.37. The van der Waals surface area contributed by atoms with E-state index in [4.69, 9.17) is 32.9 Å². The van der Waals surface area contributed by atoms with Gasteiger partial charge < -0.3 is 14.1 Å². The fourth-order valence-electron chi connectivity index (χ4n) is 13.5. The van der Waals surface area contributed by atoms with Crippen molar-refractivity contribution >= 4 is 93.2 Å². The van der Waals surface area contributed by atoms with Gasteiger partial charge >= 0.3 is 13.4 Å². The molecule has 88 heavy (non-hydrogen) atoms. The maximum Gasteiger partial charge on any atom is 0.678 e. The van der Waals surface area contributed by atoms with E-state index in [1.165, 1.54) is 22.6 Å². The van der Waals surface area contributed by atoms with Crippen molar-refractivity contribution in [3.8, 4) is 28.1 Å². The van der Waals surface area contributed by atoms with E-state index >= 15 is 8.63 Å². The van der Waals surface area contributed by atoms with Gasteiger partial charge in [0.05, 0.1) is 27.5 Å². The molecule has 0 unspecified atom stereocenters. The highest BCUT2D eigenvalue weighted by molar-refractivity contribution is 6.43. The number of anilines is 4. The van der Waals surface area contributed by atoms with Crippen LogP contribution in [0, 0.1) is 0 Å². The molecule has 2 amide bonds. The van der Waals surface area contributed by atoms with E-state index in [0.717, 1.165) is 109 Å². The van der Waals surface area contributed by atoms with Crippen LogP contribution in [-0.2, 0) is 30.5 Å². The number of esters is 1. The van der Waals surface area contributed by atoms with Crippen LogP contribution in [-0.4, -0.2) is 41.4 Å². The van der Waals surface area contributed by atoms with Crippen molar-refractivity contribution in [1.82, 2.24) is 4.48 Å². The lowest BCUT2D eigenvalue weighted by Gasteiger charge is -2.28. The molecule has 2 aliphatic carbocycles. The van der Waals surface area contributed by atoms with Gasteiger partial charge in [-0.2, -0.15) is 0 Å².